The molecule has 1 aromatic heterocycles. The molecule has 1 atom stereocenters. The summed E-state index contributed by atoms with van der Waals surface area (Å²) in [4.78, 5) is 45.3. The number of hydrogen-bond acceptors (Lipinski definition) is 6. The first-order chi connectivity index (χ1) is 18.0. The molecule has 10 nitrogen and oxygen atoms in total. The van der Waals surface area contributed by atoms with Crippen molar-refractivity contribution < 1.29 is 41.9 Å². The van der Waals surface area contributed by atoms with Gasteiger partial charge >= 0.3 is 18.2 Å². The predicted molar refractivity (Wildman–Crippen MR) is 125 cm³/mol. The second-order valence-corrected chi connectivity index (χ2v) is 8.64. The van der Waals surface area contributed by atoms with Gasteiger partial charge in [-0.2, -0.15) is 13.2 Å². The third-order valence-electron chi connectivity index (χ3n) is 5.71. The van der Waals surface area contributed by atoms with Crippen LogP contribution in [0.4, 0.5) is 22.4 Å². The highest BCUT2D eigenvalue weighted by molar-refractivity contribution is 6.39. The van der Waals surface area contributed by atoms with E-state index >= 15 is 0 Å². The summed E-state index contributed by atoms with van der Waals surface area (Å²) in [6, 6.07) is 9.53. The Bertz CT molecular complexity index is 1180. The third-order valence-corrected chi connectivity index (χ3v) is 5.71. The van der Waals surface area contributed by atoms with Gasteiger partial charge in [-0.05, 0) is 48.2 Å². The van der Waals surface area contributed by atoms with Crippen molar-refractivity contribution >= 4 is 23.6 Å². The number of carboxylic acid groups (broad SMARTS) is 1. The summed E-state index contributed by atoms with van der Waals surface area (Å²) in [6.07, 6.45) is 0.0637. The number of carboxylic acids is 1. The van der Waals surface area contributed by atoms with Crippen molar-refractivity contribution in [2.75, 3.05) is 13.1 Å². The van der Waals surface area contributed by atoms with E-state index in [9.17, 15) is 27.2 Å². The number of rotatable bonds is 5. The highest BCUT2D eigenvalue weighted by Gasteiger charge is 2.45. The number of alkyl halides is 3. The standard InChI is InChI=1S/C22H24FN5O3.C2HF3O2/c23-18-4-1-3-17(11-18)14-26-21(30)28-10-2-7-22(15-28)12-19(27-31-22)20(29)25-13-16-5-8-24-9-6-16;3-2(4,5)1(6)7/h1,3-6,8-9,11H,2,7,10,12-15H2,(H,25,29)(H,26,30);(H,6,7). The minimum absolute atomic E-state index is 0.236. The lowest BCUT2D eigenvalue weighted by Gasteiger charge is -2.38. The Labute approximate surface area is 214 Å². The van der Waals surface area contributed by atoms with Crippen LogP contribution in [0.3, 0.4) is 0 Å². The molecule has 3 heterocycles. The van der Waals surface area contributed by atoms with Crippen molar-refractivity contribution in [3.63, 3.8) is 0 Å². The first-order valence-electron chi connectivity index (χ1n) is 11.5. The van der Waals surface area contributed by atoms with Crippen LogP contribution in [0.2, 0.25) is 0 Å². The van der Waals surface area contributed by atoms with Gasteiger partial charge in [0.05, 0.1) is 6.54 Å². The molecule has 204 valence electrons. The van der Waals surface area contributed by atoms with E-state index in [1.165, 1.54) is 12.1 Å². The Morgan fingerprint density at radius 2 is 1.76 bits per heavy atom. The van der Waals surface area contributed by atoms with E-state index in [-0.39, 0.29) is 24.3 Å². The Morgan fingerprint density at radius 3 is 2.42 bits per heavy atom. The fourth-order valence-corrected chi connectivity index (χ4v) is 3.85. The highest BCUT2D eigenvalue weighted by atomic mass is 19.4. The van der Waals surface area contributed by atoms with E-state index in [0.717, 1.165) is 12.0 Å². The van der Waals surface area contributed by atoms with E-state index in [0.29, 0.717) is 43.8 Å². The van der Waals surface area contributed by atoms with Gasteiger partial charge in [-0.1, -0.05) is 17.3 Å². The van der Waals surface area contributed by atoms with Gasteiger partial charge in [0.25, 0.3) is 5.91 Å². The van der Waals surface area contributed by atoms with Crippen LogP contribution in [0.5, 0.6) is 0 Å². The molecule has 1 spiro atoms. The SMILES string of the molecule is O=C(NCc1ccncc1)C1=NOC2(CCCN(C(=O)NCc3cccc(F)c3)C2)C1.O=C(O)C(F)(F)F. The molecule has 1 fully saturated rings. The molecule has 2 aromatic rings. The topological polar surface area (TPSA) is 133 Å². The van der Waals surface area contributed by atoms with E-state index in [1.54, 1.807) is 29.4 Å². The highest BCUT2D eigenvalue weighted by Crippen LogP contribution is 2.33. The average Bonchev–Trinajstić information content (AvgIpc) is 3.29. The maximum atomic E-state index is 13.3. The Morgan fingerprint density at radius 1 is 1.08 bits per heavy atom. The van der Waals surface area contributed by atoms with Crippen molar-refractivity contribution in [2.45, 2.75) is 44.1 Å². The van der Waals surface area contributed by atoms with Crippen LogP contribution < -0.4 is 10.6 Å². The Kier molecular flexibility index (Phi) is 9.20. The fraction of sp³-hybridized carbons (Fsp3) is 0.375. The number of benzene rings is 1. The number of carbonyl (C=O) groups excluding carboxylic acids is 2. The molecule has 1 saturated heterocycles. The molecule has 4 rings (SSSR count). The molecular weight excluding hydrogens is 514 g/mol. The molecule has 0 saturated carbocycles. The molecule has 2 aliphatic rings. The number of nitrogens with one attached hydrogen (secondary N) is 2. The summed E-state index contributed by atoms with van der Waals surface area (Å²) < 4.78 is 45.0. The van der Waals surface area contributed by atoms with Crippen molar-refractivity contribution in [1.29, 1.82) is 0 Å². The fourth-order valence-electron chi connectivity index (χ4n) is 3.85. The number of halogens is 4. The largest absolute Gasteiger partial charge is 0.490 e. The molecular formula is C24H25F4N5O5. The predicted octanol–water partition coefficient (Wildman–Crippen LogP) is 2.99. The molecule has 3 N–H and O–H groups in total. The van der Waals surface area contributed by atoms with Crippen LogP contribution in [0.25, 0.3) is 0 Å². The first kappa shape index (κ1) is 28.3. The monoisotopic (exact) mass is 539 g/mol. The second-order valence-electron chi connectivity index (χ2n) is 8.64. The molecule has 38 heavy (non-hydrogen) atoms. The van der Waals surface area contributed by atoms with Gasteiger partial charge in [0.1, 0.15) is 11.5 Å². The molecule has 14 heteroatoms. The average molecular weight is 539 g/mol. The Hall–Kier alpha value is -4.23. The zero-order valence-electron chi connectivity index (χ0n) is 20.0. The van der Waals surface area contributed by atoms with Crippen molar-refractivity contribution in [3.8, 4) is 0 Å². The van der Waals surface area contributed by atoms with Gasteiger partial charge in [-0.25, -0.2) is 14.0 Å². The second kappa shape index (κ2) is 12.3. The van der Waals surface area contributed by atoms with E-state index in [4.69, 9.17) is 14.7 Å². The zero-order chi connectivity index (χ0) is 27.8. The number of aliphatic carboxylic acids is 1. The molecule has 0 aliphatic carbocycles. The molecule has 3 amide bonds. The number of amides is 3. The molecule has 0 bridgehead atoms. The van der Waals surface area contributed by atoms with E-state index in [1.807, 2.05) is 12.1 Å². The lowest BCUT2D eigenvalue weighted by Crippen LogP contribution is -2.53. The lowest BCUT2D eigenvalue weighted by molar-refractivity contribution is -0.192. The lowest BCUT2D eigenvalue weighted by atomic mass is 9.88. The van der Waals surface area contributed by atoms with Crippen LogP contribution in [-0.4, -0.2) is 63.5 Å². The first-order valence-corrected chi connectivity index (χ1v) is 11.5. The molecule has 2 aliphatic heterocycles. The van der Waals surface area contributed by atoms with Gasteiger partial charge in [-0.3, -0.25) is 9.78 Å². The zero-order valence-corrected chi connectivity index (χ0v) is 20.0. The number of pyridine rings is 1. The van der Waals surface area contributed by atoms with Gasteiger partial charge in [0, 0.05) is 38.4 Å². The van der Waals surface area contributed by atoms with Crippen LogP contribution in [0, 0.1) is 5.82 Å². The van der Waals surface area contributed by atoms with Gasteiger partial charge in [0.15, 0.2) is 5.60 Å². The summed E-state index contributed by atoms with van der Waals surface area (Å²) in [5.74, 6) is -3.37. The molecule has 1 unspecified atom stereocenters. The van der Waals surface area contributed by atoms with Crippen molar-refractivity contribution in [2.24, 2.45) is 5.16 Å². The number of oxime groups is 1. The minimum atomic E-state index is -5.08. The number of aromatic nitrogens is 1. The summed E-state index contributed by atoms with van der Waals surface area (Å²) in [5.41, 5.74) is 1.28. The maximum Gasteiger partial charge on any atom is 0.490 e. The van der Waals surface area contributed by atoms with Gasteiger partial charge in [0.2, 0.25) is 0 Å². The van der Waals surface area contributed by atoms with E-state index in [2.05, 4.69) is 20.8 Å². The quantitative estimate of drug-likeness (QED) is 0.501. The summed E-state index contributed by atoms with van der Waals surface area (Å²) in [5, 5.41) is 16.8. The maximum absolute atomic E-state index is 13.3. The number of nitrogens with zero attached hydrogens (tertiary/aromatic N) is 3. The number of hydrogen-bond donors (Lipinski definition) is 3. The van der Waals surface area contributed by atoms with E-state index < -0.39 is 17.7 Å². The number of urea groups is 1. The smallest absolute Gasteiger partial charge is 0.475 e. The van der Waals surface area contributed by atoms with Crippen molar-refractivity contribution in [3.05, 3.63) is 65.7 Å². The van der Waals surface area contributed by atoms with Crippen LogP contribution in [0.15, 0.2) is 53.9 Å². The third kappa shape index (κ3) is 8.15. The van der Waals surface area contributed by atoms with Gasteiger partial charge < -0.3 is 25.5 Å². The molecule has 0 radical (unpaired) electrons. The van der Waals surface area contributed by atoms with Crippen molar-refractivity contribution in [1.82, 2.24) is 20.5 Å². The van der Waals surface area contributed by atoms with Crippen LogP contribution in [-0.2, 0) is 27.5 Å². The Balaban J connectivity index is 0.000000505. The number of likely N-dealkylation sites (tertiary alicyclic amines) is 1. The number of carbonyl (C=O) groups is 3. The summed E-state index contributed by atoms with van der Waals surface area (Å²) in [6.45, 7) is 1.54. The summed E-state index contributed by atoms with van der Waals surface area (Å²) in [7, 11) is 0. The summed E-state index contributed by atoms with van der Waals surface area (Å²) >= 11 is 0. The van der Waals surface area contributed by atoms with Crippen LogP contribution >= 0.6 is 0 Å². The normalized spacial score (nSPS) is 18.5. The number of piperidine rings is 1. The van der Waals surface area contributed by atoms with Crippen LogP contribution in [0.1, 0.15) is 30.4 Å². The van der Waals surface area contributed by atoms with Gasteiger partial charge in [-0.15, -0.1) is 0 Å². The minimum Gasteiger partial charge on any atom is -0.475 e. The molecule has 1 aromatic carbocycles.